The second-order valence-electron chi connectivity index (χ2n) is 7.98. The van der Waals surface area contributed by atoms with Gasteiger partial charge >= 0.3 is 0 Å². The molecule has 1 heterocycles. The van der Waals surface area contributed by atoms with E-state index < -0.39 is 0 Å². The number of halogens is 2. The van der Waals surface area contributed by atoms with Gasteiger partial charge in [-0.15, -0.1) is 12.6 Å². The molecule has 0 bridgehead atoms. The standard InChI is InChI=1S/C17H16FNS.C9H9ClN2/c1-11(12-6-7-17(20)16(18)9-12)19-10-14-8-13-4-2-3-5-15(13)14;1-5-4-12-9-7(11)3-2-6(10)8(5)9/h2-7,9,14,19-20H,1,8,10H2;2-4,12H,11H2,1H3. The van der Waals surface area contributed by atoms with Crippen LogP contribution in [0.2, 0.25) is 5.02 Å². The Morgan fingerprint density at radius 1 is 1.25 bits per heavy atom. The van der Waals surface area contributed by atoms with Gasteiger partial charge in [0, 0.05) is 34.6 Å². The fraction of sp³-hybridized carbons (Fsp3) is 0.154. The SMILES string of the molecule is C=C(NCC1Cc2ccccc21)c1ccc(S)c(F)c1.Cc1c[nH]c2c(N)ccc(Cl)c12. The van der Waals surface area contributed by atoms with Gasteiger partial charge in [-0.05, 0) is 59.9 Å². The molecular weight excluding hydrogens is 441 g/mol. The third kappa shape index (κ3) is 4.50. The molecule has 1 aliphatic carbocycles. The van der Waals surface area contributed by atoms with Crippen molar-refractivity contribution in [1.82, 2.24) is 10.3 Å². The maximum absolute atomic E-state index is 13.5. The molecule has 3 nitrogen and oxygen atoms in total. The molecule has 6 heteroatoms. The highest BCUT2D eigenvalue weighted by Gasteiger charge is 2.25. The van der Waals surface area contributed by atoms with E-state index >= 15 is 0 Å². The van der Waals surface area contributed by atoms with Gasteiger partial charge in [0.15, 0.2) is 0 Å². The van der Waals surface area contributed by atoms with Gasteiger partial charge < -0.3 is 16.0 Å². The topological polar surface area (TPSA) is 53.8 Å². The zero-order valence-electron chi connectivity index (χ0n) is 17.8. The first-order chi connectivity index (χ1) is 15.3. The fourth-order valence-electron chi connectivity index (χ4n) is 3.97. The number of aromatic nitrogens is 1. The molecule has 0 radical (unpaired) electrons. The highest BCUT2D eigenvalue weighted by Crippen LogP contribution is 2.34. The molecule has 4 N–H and O–H groups in total. The van der Waals surface area contributed by atoms with Crippen LogP contribution in [0.3, 0.4) is 0 Å². The smallest absolute Gasteiger partial charge is 0.137 e. The molecule has 164 valence electrons. The lowest BCUT2D eigenvalue weighted by molar-refractivity contribution is 0.584. The summed E-state index contributed by atoms with van der Waals surface area (Å²) in [4.78, 5) is 3.44. The lowest BCUT2D eigenvalue weighted by atomic mass is 9.77. The molecule has 32 heavy (non-hydrogen) atoms. The van der Waals surface area contributed by atoms with Gasteiger partial charge in [0.2, 0.25) is 0 Å². The van der Waals surface area contributed by atoms with Crippen molar-refractivity contribution in [3.8, 4) is 0 Å². The van der Waals surface area contributed by atoms with Crippen LogP contribution >= 0.6 is 24.2 Å². The number of fused-ring (bicyclic) bond motifs is 2. The van der Waals surface area contributed by atoms with Crippen molar-refractivity contribution < 1.29 is 4.39 Å². The van der Waals surface area contributed by atoms with E-state index in [4.69, 9.17) is 17.3 Å². The Balaban J connectivity index is 0.000000174. The number of nitrogen functional groups attached to an aromatic ring is 1. The number of aryl methyl sites for hydroxylation is 1. The molecule has 0 aliphatic heterocycles. The third-order valence-electron chi connectivity index (χ3n) is 5.83. The summed E-state index contributed by atoms with van der Waals surface area (Å²) in [5.74, 6) is 0.208. The Morgan fingerprint density at radius 3 is 2.75 bits per heavy atom. The average Bonchev–Trinajstić information content (AvgIpc) is 3.16. The van der Waals surface area contributed by atoms with Gasteiger partial charge in [0.1, 0.15) is 5.82 Å². The van der Waals surface area contributed by atoms with Crippen molar-refractivity contribution in [1.29, 1.82) is 0 Å². The van der Waals surface area contributed by atoms with Crippen molar-refractivity contribution in [3.05, 3.63) is 100 Å². The molecule has 0 spiro atoms. The molecule has 0 fully saturated rings. The van der Waals surface area contributed by atoms with Crippen LogP contribution in [-0.2, 0) is 6.42 Å². The highest BCUT2D eigenvalue weighted by atomic mass is 35.5. The number of hydrogen-bond acceptors (Lipinski definition) is 3. The zero-order chi connectivity index (χ0) is 22.8. The monoisotopic (exact) mass is 465 g/mol. The lowest BCUT2D eigenvalue weighted by Gasteiger charge is -2.30. The van der Waals surface area contributed by atoms with Crippen molar-refractivity contribution in [3.63, 3.8) is 0 Å². The minimum absolute atomic E-state index is 0.317. The molecule has 1 aromatic heterocycles. The maximum atomic E-state index is 13.5. The molecule has 1 aliphatic rings. The van der Waals surface area contributed by atoms with Crippen LogP contribution < -0.4 is 11.1 Å². The zero-order valence-corrected chi connectivity index (χ0v) is 19.4. The van der Waals surface area contributed by atoms with E-state index in [1.807, 2.05) is 25.3 Å². The number of nitrogens with two attached hydrogens (primary N) is 1. The number of hydrogen-bond donors (Lipinski definition) is 4. The van der Waals surface area contributed by atoms with Crippen molar-refractivity contribution in [2.24, 2.45) is 0 Å². The predicted molar refractivity (Wildman–Crippen MR) is 136 cm³/mol. The van der Waals surface area contributed by atoms with Gasteiger partial charge in [-0.1, -0.05) is 48.5 Å². The summed E-state index contributed by atoms with van der Waals surface area (Å²) in [6, 6.07) is 17.1. The van der Waals surface area contributed by atoms with Crippen LogP contribution in [0, 0.1) is 12.7 Å². The second-order valence-corrected chi connectivity index (χ2v) is 8.87. The second kappa shape index (κ2) is 9.31. The minimum atomic E-state index is -0.317. The van der Waals surface area contributed by atoms with Gasteiger partial charge in [0.05, 0.1) is 16.2 Å². The van der Waals surface area contributed by atoms with E-state index in [0.29, 0.717) is 10.8 Å². The number of aromatic amines is 1. The quantitative estimate of drug-likeness (QED) is 0.199. The summed E-state index contributed by atoms with van der Waals surface area (Å²) < 4.78 is 13.5. The molecule has 0 saturated heterocycles. The summed E-state index contributed by atoms with van der Waals surface area (Å²) in [5, 5.41) is 5.08. The van der Waals surface area contributed by atoms with Crippen molar-refractivity contribution in [2.75, 3.05) is 12.3 Å². The normalized spacial score (nSPS) is 14.2. The van der Waals surface area contributed by atoms with Crippen LogP contribution in [0.1, 0.15) is 28.2 Å². The van der Waals surface area contributed by atoms with E-state index in [0.717, 1.165) is 51.4 Å². The molecule has 4 aromatic rings. The number of thiol groups is 1. The van der Waals surface area contributed by atoms with Crippen LogP contribution in [0.5, 0.6) is 0 Å². The van der Waals surface area contributed by atoms with E-state index in [2.05, 4.69) is 53.8 Å². The Hall–Kier alpha value is -2.89. The maximum Gasteiger partial charge on any atom is 0.137 e. The average molecular weight is 466 g/mol. The summed E-state index contributed by atoms with van der Waals surface area (Å²) in [5.41, 5.74) is 12.9. The van der Waals surface area contributed by atoms with Crippen LogP contribution in [0.4, 0.5) is 10.1 Å². The minimum Gasteiger partial charge on any atom is -0.397 e. The molecular formula is C26H25ClFN3S. The number of rotatable bonds is 4. The summed E-state index contributed by atoms with van der Waals surface area (Å²) in [7, 11) is 0. The highest BCUT2D eigenvalue weighted by molar-refractivity contribution is 7.80. The van der Waals surface area contributed by atoms with Gasteiger partial charge in [0.25, 0.3) is 0 Å². The van der Waals surface area contributed by atoms with Gasteiger partial charge in [-0.25, -0.2) is 4.39 Å². The van der Waals surface area contributed by atoms with E-state index in [1.165, 1.54) is 17.2 Å². The first-order valence-corrected chi connectivity index (χ1v) is 11.2. The number of nitrogens with one attached hydrogen (secondary N) is 2. The lowest BCUT2D eigenvalue weighted by Crippen LogP contribution is -2.28. The first kappa shape index (κ1) is 22.3. The fourth-order valence-corrected chi connectivity index (χ4v) is 4.42. The van der Waals surface area contributed by atoms with E-state index in [-0.39, 0.29) is 5.82 Å². The summed E-state index contributed by atoms with van der Waals surface area (Å²) >= 11 is 10.0. The largest absolute Gasteiger partial charge is 0.397 e. The van der Waals surface area contributed by atoms with Crippen molar-refractivity contribution >= 4 is 46.5 Å². The molecule has 1 atom stereocenters. The number of H-pyrrole nitrogens is 1. The van der Waals surface area contributed by atoms with Crippen molar-refractivity contribution in [2.45, 2.75) is 24.2 Å². The first-order valence-electron chi connectivity index (χ1n) is 10.4. The van der Waals surface area contributed by atoms with Gasteiger partial charge in [-0.2, -0.15) is 0 Å². The Morgan fingerprint density at radius 2 is 2.03 bits per heavy atom. The molecule has 5 rings (SSSR count). The molecule has 1 unspecified atom stereocenters. The van der Waals surface area contributed by atoms with Crippen LogP contribution in [-0.4, -0.2) is 11.5 Å². The summed E-state index contributed by atoms with van der Waals surface area (Å²) in [6.45, 7) is 6.82. The summed E-state index contributed by atoms with van der Waals surface area (Å²) in [6.07, 6.45) is 3.01. The number of benzene rings is 3. The number of anilines is 1. The Bertz CT molecular complexity index is 1300. The molecule has 3 aromatic carbocycles. The third-order valence-corrected chi connectivity index (χ3v) is 6.51. The van der Waals surface area contributed by atoms with E-state index in [1.54, 1.807) is 12.1 Å². The Kier molecular flexibility index (Phi) is 6.49. The van der Waals surface area contributed by atoms with Crippen LogP contribution in [0.25, 0.3) is 16.6 Å². The van der Waals surface area contributed by atoms with E-state index in [9.17, 15) is 4.39 Å². The molecule has 0 saturated carbocycles. The Labute approximate surface area is 197 Å². The molecule has 0 amide bonds. The van der Waals surface area contributed by atoms with Gasteiger partial charge in [-0.3, -0.25) is 0 Å². The predicted octanol–water partition coefficient (Wildman–Crippen LogP) is 6.73. The van der Waals surface area contributed by atoms with Crippen LogP contribution in [0.15, 0.2) is 72.3 Å².